The van der Waals surface area contributed by atoms with Crippen LogP contribution in [0.5, 0.6) is 0 Å². The minimum Gasteiger partial charge on any atom is -0.377 e. The number of rotatable bonds is 0. The first-order chi connectivity index (χ1) is 5.36. The predicted octanol–water partition coefficient (Wildman–Crippen LogP) is 0.312. The molecule has 0 unspecified atom stereocenters. The molecule has 0 aromatic carbocycles. The molecule has 0 bridgehead atoms. The van der Waals surface area contributed by atoms with Gasteiger partial charge in [0.15, 0.2) is 0 Å². The Morgan fingerprint density at radius 2 is 2.18 bits per heavy atom. The van der Waals surface area contributed by atoms with Gasteiger partial charge in [0, 0.05) is 12.3 Å². The molecule has 2 rings (SSSR count). The van der Waals surface area contributed by atoms with E-state index in [1.54, 1.807) is 11.8 Å². The van der Waals surface area contributed by atoms with E-state index in [1.165, 1.54) is 11.8 Å². The van der Waals surface area contributed by atoms with Crippen LogP contribution in [0, 0.1) is 0 Å². The molecular formula is C6H8N2OS2. The average Bonchev–Trinajstić information content (AvgIpc) is 2.55. The predicted molar refractivity (Wildman–Crippen MR) is 48.1 cm³/mol. The number of carbonyl (C=O) groups is 1. The zero-order chi connectivity index (χ0) is 7.68. The third-order valence-corrected chi connectivity index (χ3v) is 3.55. The van der Waals surface area contributed by atoms with Crippen molar-refractivity contribution in [3.63, 3.8) is 0 Å². The minimum absolute atomic E-state index is 0.210. The van der Waals surface area contributed by atoms with E-state index in [-0.39, 0.29) is 5.12 Å². The highest BCUT2D eigenvalue weighted by Crippen LogP contribution is 2.29. The lowest BCUT2D eigenvalue weighted by molar-refractivity contribution is -0.109. The summed E-state index contributed by atoms with van der Waals surface area (Å²) in [6.45, 7) is 1.49. The molecule has 2 fully saturated rings. The summed E-state index contributed by atoms with van der Waals surface area (Å²) in [6.07, 6.45) is 0. The summed E-state index contributed by atoms with van der Waals surface area (Å²) in [5.74, 6) is 1.11. The van der Waals surface area contributed by atoms with E-state index in [9.17, 15) is 4.79 Å². The van der Waals surface area contributed by atoms with Gasteiger partial charge in [0.2, 0.25) is 5.12 Å². The van der Waals surface area contributed by atoms with E-state index in [2.05, 4.69) is 10.6 Å². The van der Waals surface area contributed by atoms with E-state index in [0.717, 1.165) is 22.4 Å². The van der Waals surface area contributed by atoms with Crippen LogP contribution in [0.25, 0.3) is 0 Å². The molecule has 0 amide bonds. The van der Waals surface area contributed by atoms with Crippen molar-refractivity contribution in [3.8, 4) is 0 Å². The van der Waals surface area contributed by atoms with Crippen LogP contribution in [0.2, 0.25) is 0 Å². The Hall–Kier alpha value is -0.290. The van der Waals surface area contributed by atoms with Gasteiger partial charge in [-0.1, -0.05) is 0 Å². The Morgan fingerprint density at radius 3 is 2.73 bits per heavy atom. The number of nitrogens with one attached hydrogen (secondary N) is 2. The van der Waals surface area contributed by atoms with Gasteiger partial charge in [-0.3, -0.25) is 4.79 Å². The molecule has 2 aliphatic heterocycles. The summed E-state index contributed by atoms with van der Waals surface area (Å²) in [5, 5.41) is 8.65. The maximum atomic E-state index is 10.8. The van der Waals surface area contributed by atoms with Gasteiger partial charge in [0.25, 0.3) is 0 Å². The highest BCUT2D eigenvalue weighted by Gasteiger charge is 2.21. The van der Waals surface area contributed by atoms with Crippen molar-refractivity contribution in [3.05, 3.63) is 10.1 Å². The molecule has 60 valence electrons. The van der Waals surface area contributed by atoms with Crippen LogP contribution in [-0.4, -0.2) is 24.0 Å². The van der Waals surface area contributed by atoms with Crippen molar-refractivity contribution in [2.75, 3.05) is 18.8 Å². The lowest BCUT2D eigenvalue weighted by Gasteiger charge is -2.00. The van der Waals surface area contributed by atoms with Gasteiger partial charge >= 0.3 is 0 Å². The molecular weight excluding hydrogens is 180 g/mol. The maximum absolute atomic E-state index is 10.8. The van der Waals surface area contributed by atoms with Crippen molar-refractivity contribution in [1.29, 1.82) is 0 Å². The Morgan fingerprint density at radius 1 is 1.27 bits per heavy atom. The Labute approximate surface area is 73.4 Å². The van der Waals surface area contributed by atoms with Gasteiger partial charge in [-0.2, -0.15) is 0 Å². The van der Waals surface area contributed by atoms with Crippen LogP contribution in [0.4, 0.5) is 0 Å². The van der Waals surface area contributed by atoms with E-state index in [4.69, 9.17) is 0 Å². The smallest absolute Gasteiger partial charge is 0.214 e. The summed E-state index contributed by atoms with van der Waals surface area (Å²) >= 11 is 3.08. The summed E-state index contributed by atoms with van der Waals surface area (Å²) in [5.41, 5.74) is 0. The number of hydrogen-bond acceptors (Lipinski definition) is 5. The molecule has 2 aliphatic rings. The third-order valence-electron chi connectivity index (χ3n) is 1.45. The van der Waals surface area contributed by atoms with Gasteiger partial charge in [-0.05, 0) is 11.8 Å². The van der Waals surface area contributed by atoms with Crippen LogP contribution in [-0.2, 0) is 4.79 Å². The molecule has 0 aromatic heterocycles. The highest BCUT2D eigenvalue weighted by atomic mass is 32.2. The molecule has 11 heavy (non-hydrogen) atoms. The van der Waals surface area contributed by atoms with Gasteiger partial charge < -0.3 is 10.6 Å². The molecule has 5 heteroatoms. The van der Waals surface area contributed by atoms with E-state index in [1.807, 2.05) is 0 Å². The fourth-order valence-electron chi connectivity index (χ4n) is 0.980. The van der Waals surface area contributed by atoms with E-state index in [0.29, 0.717) is 6.54 Å². The molecule has 0 radical (unpaired) electrons. The van der Waals surface area contributed by atoms with Gasteiger partial charge in [-0.25, -0.2) is 0 Å². The van der Waals surface area contributed by atoms with Crippen LogP contribution in [0.1, 0.15) is 0 Å². The summed E-state index contributed by atoms with van der Waals surface area (Å²) < 4.78 is 0. The second-order valence-electron chi connectivity index (χ2n) is 2.26. The zero-order valence-electron chi connectivity index (χ0n) is 5.85. The Kier molecular flexibility index (Phi) is 2.00. The second kappa shape index (κ2) is 2.98. The molecule has 0 saturated carbocycles. The lowest BCUT2D eigenvalue weighted by atomic mass is 10.7. The van der Waals surface area contributed by atoms with Gasteiger partial charge in [0.05, 0.1) is 11.6 Å². The second-order valence-corrected chi connectivity index (χ2v) is 4.43. The van der Waals surface area contributed by atoms with Crippen molar-refractivity contribution < 1.29 is 4.79 Å². The Balaban J connectivity index is 2.13. The summed E-state index contributed by atoms with van der Waals surface area (Å²) in [7, 11) is 0. The fourth-order valence-corrected chi connectivity index (χ4v) is 2.78. The first kappa shape index (κ1) is 7.36. The number of carbonyl (C=O) groups excluding carboxylic acids is 1. The molecule has 0 spiro atoms. The molecule has 2 saturated heterocycles. The van der Waals surface area contributed by atoms with Crippen LogP contribution in [0.3, 0.4) is 0 Å². The lowest BCUT2D eigenvalue weighted by Crippen LogP contribution is -2.12. The van der Waals surface area contributed by atoms with Crippen LogP contribution < -0.4 is 10.6 Å². The molecule has 0 aromatic rings. The molecule has 3 nitrogen and oxygen atoms in total. The van der Waals surface area contributed by atoms with Crippen molar-refractivity contribution in [2.24, 2.45) is 0 Å². The third kappa shape index (κ3) is 1.49. The van der Waals surface area contributed by atoms with Gasteiger partial charge in [0.1, 0.15) is 5.03 Å². The SMILES string of the molecule is O=C1CNC(=C2NCCS2)S1. The highest BCUT2D eigenvalue weighted by molar-refractivity contribution is 8.18. The first-order valence-corrected chi connectivity index (χ1v) is 5.22. The summed E-state index contributed by atoms with van der Waals surface area (Å²) in [4.78, 5) is 10.8. The molecule has 2 heterocycles. The van der Waals surface area contributed by atoms with Crippen molar-refractivity contribution in [2.45, 2.75) is 0 Å². The molecule has 0 aliphatic carbocycles. The van der Waals surface area contributed by atoms with Crippen LogP contribution >= 0.6 is 23.5 Å². The topological polar surface area (TPSA) is 41.1 Å². The molecule has 2 N–H and O–H groups in total. The number of hydrogen-bond donors (Lipinski definition) is 2. The first-order valence-electron chi connectivity index (χ1n) is 3.42. The number of thioether (sulfide) groups is 2. The van der Waals surface area contributed by atoms with E-state index < -0.39 is 0 Å². The quantitative estimate of drug-likeness (QED) is 0.573. The molecule has 0 atom stereocenters. The summed E-state index contributed by atoms with van der Waals surface area (Å²) in [6, 6.07) is 0. The minimum atomic E-state index is 0.210. The van der Waals surface area contributed by atoms with Crippen molar-refractivity contribution >= 4 is 28.6 Å². The standard InChI is InChI=1S/C6H8N2OS2/c9-4-3-8-6(11-4)5-7-1-2-10-5/h7-8H,1-3H2. The fraction of sp³-hybridized carbons (Fsp3) is 0.500. The van der Waals surface area contributed by atoms with Gasteiger partial charge in [-0.15, -0.1) is 11.8 Å². The van der Waals surface area contributed by atoms with Crippen LogP contribution in [0.15, 0.2) is 10.1 Å². The van der Waals surface area contributed by atoms with Crippen molar-refractivity contribution in [1.82, 2.24) is 10.6 Å². The van der Waals surface area contributed by atoms with E-state index >= 15 is 0 Å². The Bertz CT molecular complexity index is 219. The maximum Gasteiger partial charge on any atom is 0.214 e. The zero-order valence-corrected chi connectivity index (χ0v) is 7.48. The normalized spacial score (nSPS) is 30.4. The average molecular weight is 188 g/mol. The largest absolute Gasteiger partial charge is 0.377 e. The monoisotopic (exact) mass is 188 g/mol.